The second-order valence-electron chi connectivity index (χ2n) is 6.00. The van der Waals surface area contributed by atoms with Crippen LogP contribution in [0.4, 0.5) is 4.39 Å². The van der Waals surface area contributed by atoms with E-state index in [1.807, 2.05) is 31.2 Å². The van der Waals surface area contributed by atoms with E-state index in [-0.39, 0.29) is 35.9 Å². The van der Waals surface area contributed by atoms with Gasteiger partial charge in [0, 0.05) is 12.0 Å². The monoisotopic (exact) mass is 312 g/mol. The van der Waals surface area contributed by atoms with E-state index in [0.717, 1.165) is 11.1 Å². The van der Waals surface area contributed by atoms with Crippen molar-refractivity contribution in [1.29, 1.82) is 0 Å². The molecular formula is C19H17FO3. The molecule has 1 aliphatic rings. The normalized spacial score (nSPS) is 16.3. The highest BCUT2D eigenvalue weighted by atomic mass is 19.1. The van der Waals surface area contributed by atoms with E-state index in [4.69, 9.17) is 4.74 Å². The fraction of sp³-hybridized carbons (Fsp3) is 0.263. The minimum absolute atomic E-state index is 0.107. The third kappa shape index (κ3) is 3.02. The first kappa shape index (κ1) is 15.4. The van der Waals surface area contributed by atoms with Crippen LogP contribution in [0.15, 0.2) is 36.4 Å². The van der Waals surface area contributed by atoms with Crippen LogP contribution >= 0.6 is 0 Å². The third-order valence-electron chi connectivity index (χ3n) is 4.11. The highest BCUT2D eigenvalue weighted by Crippen LogP contribution is 2.39. The molecule has 0 bridgehead atoms. The molecule has 0 fully saturated rings. The zero-order chi connectivity index (χ0) is 16.6. The van der Waals surface area contributed by atoms with Crippen molar-refractivity contribution in [2.24, 2.45) is 0 Å². The average Bonchev–Trinajstić information content (AvgIpc) is 2.80. The molecule has 118 valence electrons. The van der Waals surface area contributed by atoms with Crippen LogP contribution in [-0.2, 0) is 11.2 Å². The van der Waals surface area contributed by atoms with Crippen molar-refractivity contribution in [2.75, 3.05) is 0 Å². The topological polar surface area (TPSA) is 43.4 Å². The van der Waals surface area contributed by atoms with Gasteiger partial charge in [-0.2, -0.15) is 0 Å². The average molecular weight is 312 g/mol. The molecular weight excluding hydrogens is 295 g/mol. The smallest absolute Gasteiger partial charge is 0.315 e. The second-order valence-corrected chi connectivity index (χ2v) is 6.00. The van der Waals surface area contributed by atoms with Crippen LogP contribution in [0.25, 0.3) is 0 Å². The lowest BCUT2D eigenvalue weighted by atomic mass is 10.0. The molecule has 4 heteroatoms. The summed E-state index contributed by atoms with van der Waals surface area (Å²) < 4.78 is 19.3. The summed E-state index contributed by atoms with van der Waals surface area (Å²) in [7, 11) is 0. The number of rotatable bonds is 3. The van der Waals surface area contributed by atoms with Crippen LogP contribution in [0, 0.1) is 12.7 Å². The Balaban J connectivity index is 1.82. The van der Waals surface area contributed by atoms with Crippen LogP contribution in [0.5, 0.6) is 5.75 Å². The molecule has 0 saturated carbocycles. The fourth-order valence-electron chi connectivity index (χ4n) is 2.94. The van der Waals surface area contributed by atoms with Gasteiger partial charge in [-0.25, -0.2) is 4.39 Å². The van der Waals surface area contributed by atoms with E-state index in [1.54, 1.807) is 6.92 Å². The summed E-state index contributed by atoms with van der Waals surface area (Å²) in [6, 6.07) is 10.2. The maximum Gasteiger partial charge on any atom is 0.315 e. The van der Waals surface area contributed by atoms with Gasteiger partial charge in [0.15, 0.2) is 5.78 Å². The number of ether oxygens (including phenoxy) is 1. The Kier molecular flexibility index (Phi) is 3.99. The Morgan fingerprint density at radius 2 is 1.91 bits per heavy atom. The van der Waals surface area contributed by atoms with Crippen LogP contribution < -0.4 is 4.74 Å². The molecule has 2 aromatic rings. The number of aryl methyl sites for hydroxylation is 1. The first-order valence-corrected chi connectivity index (χ1v) is 7.57. The van der Waals surface area contributed by atoms with Gasteiger partial charge in [-0.1, -0.05) is 36.8 Å². The zero-order valence-corrected chi connectivity index (χ0v) is 13.1. The van der Waals surface area contributed by atoms with Crippen LogP contribution in [0.1, 0.15) is 46.3 Å². The van der Waals surface area contributed by atoms with Crippen molar-refractivity contribution >= 4 is 11.8 Å². The molecule has 0 heterocycles. The number of Topliss-reactive ketones (excluding diaryl/α,β-unsaturated/α-hetero) is 1. The number of halogens is 1. The number of ketones is 1. The van der Waals surface area contributed by atoms with E-state index in [9.17, 15) is 14.0 Å². The molecule has 0 spiro atoms. The van der Waals surface area contributed by atoms with E-state index < -0.39 is 11.8 Å². The van der Waals surface area contributed by atoms with Gasteiger partial charge in [0.1, 0.15) is 11.6 Å². The van der Waals surface area contributed by atoms with Crippen molar-refractivity contribution in [1.82, 2.24) is 0 Å². The van der Waals surface area contributed by atoms with Gasteiger partial charge in [-0.15, -0.1) is 0 Å². The summed E-state index contributed by atoms with van der Waals surface area (Å²) in [5.74, 6) is -1.09. The molecule has 0 saturated heterocycles. The van der Waals surface area contributed by atoms with Gasteiger partial charge in [0.05, 0.1) is 12.0 Å². The van der Waals surface area contributed by atoms with E-state index in [0.29, 0.717) is 5.56 Å². The summed E-state index contributed by atoms with van der Waals surface area (Å²) in [5.41, 5.74) is 2.52. The molecule has 1 aliphatic carbocycles. The van der Waals surface area contributed by atoms with E-state index in [1.165, 1.54) is 12.1 Å². The molecule has 1 unspecified atom stereocenters. The third-order valence-corrected chi connectivity index (χ3v) is 4.11. The Labute approximate surface area is 134 Å². The second kappa shape index (κ2) is 5.95. The molecule has 0 aliphatic heterocycles. The van der Waals surface area contributed by atoms with Crippen molar-refractivity contribution < 1.29 is 18.7 Å². The Morgan fingerprint density at radius 1 is 1.22 bits per heavy atom. The van der Waals surface area contributed by atoms with Crippen LogP contribution in [-0.4, -0.2) is 11.8 Å². The summed E-state index contributed by atoms with van der Waals surface area (Å²) in [6.07, 6.45) is 0.356. The highest BCUT2D eigenvalue weighted by Gasteiger charge is 2.33. The molecule has 23 heavy (non-hydrogen) atoms. The highest BCUT2D eigenvalue weighted by molar-refractivity contribution is 6.04. The molecule has 0 amide bonds. The Bertz CT molecular complexity index is 778. The molecule has 2 aromatic carbocycles. The molecule has 1 atom stereocenters. The molecule has 0 aromatic heterocycles. The van der Waals surface area contributed by atoms with Crippen molar-refractivity contribution in [3.8, 4) is 5.75 Å². The van der Waals surface area contributed by atoms with Gasteiger partial charge in [0.25, 0.3) is 0 Å². The first-order valence-electron chi connectivity index (χ1n) is 7.57. The Morgan fingerprint density at radius 3 is 2.61 bits per heavy atom. The summed E-state index contributed by atoms with van der Waals surface area (Å²) in [6.45, 7) is 3.77. The minimum atomic E-state index is -0.463. The molecule has 0 N–H and O–H groups in total. The molecule has 3 nitrogen and oxygen atoms in total. The quantitative estimate of drug-likeness (QED) is 0.636. The first-order chi connectivity index (χ1) is 11.0. The lowest BCUT2D eigenvalue weighted by Crippen LogP contribution is -2.13. The predicted octanol–water partition coefficient (Wildman–Crippen LogP) is 3.97. The standard InChI is InChI=1S/C19H17FO3/c1-11-3-5-13(6-4-11)10-17(22)23-16-8-7-14(20)18-12(2)9-15(21)19(16)18/h3-8,12H,9-10H2,1-2H3. The van der Waals surface area contributed by atoms with Gasteiger partial charge < -0.3 is 4.74 Å². The summed E-state index contributed by atoms with van der Waals surface area (Å²) in [5, 5.41) is 0. The van der Waals surface area contributed by atoms with Gasteiger partial charge in [0.2, 0.25) is 0 Å². The maximum atomic E-state index is 13.9. The van der Waals surface area contributed by atoms with Crippen molar-refractivity contribution in [3.63, 3.8) is 0 Å². The van der Waals surface area contributed by atoms with Gasteiger partial charge in [-0.05, 0) is 30.5 Å². The number of fused-ring (bicyclic) bond motifs is 1. The number of hydrogen-bond donors (Lipinski definition) is 0. The number of carbonyl (C=O) groups excluding carboxylic acids is 2. The zero-order valence-electron chi connectivity index (χ0n) is 13.1. The fourth-order valence-corrected chi connectivity index (χ4v) is 2.94. The van der Waals surface area contributed by atoms with Crippen LogP contribution in [0.3, 0.4) is 0 Å². The maximum absolute atomic E-state index is 13.9. The van der Waals surface area contributed by atoms with Gasteiger partial charge in [-0.3, -0.25) is 9.59 Å². The number of esters is 1. The largest absolute Gasteiger partial charge is 0.425 e. The molecule has 0 radical (unpaired) electrons. The minimum Gasteiger partial charge on any atom is -0.425 e. The number of carbonyl (C=O) groups is 2. The number of hydrogen-bond acceptors (Lipinski definition) is 3. The van der Waals surface area contributed by atoms with Gasteiger partial charge >= 0.3 is 5.97 Å². The van der Waals surface area contributed by atoms with E-state index >= 15 is 0 Å². The van der Waals surface area contributed by atoms with Crippen LogP contribution in [0.2, 0.25) is 0 Å². The Hall–Kier alpha value is -2.49. The van der Waals surface area contributed by atoms with E-state index in [2.05, 4.69) is 0 Å². The lowest BCUT2D eigenvalue weighted by Gasteiger charge is -2.10. The number of benzene rings is 2. The predicted molar refractivity (Wildman–Crippen MR) is 84.3 cm³/mol. The SMILES string of the molecule is Cc1ccc(CC(=O)Oc2ccc(F)c3c2C(=O)CC3C)cc1. The van der Waals surface area contributed by atoms with Crippen molar-refractivity contribution in [3.05, 3.63) is 64.5 Å². The molecule has 3 rings (SSSR count). The van der Waals surface area contributed by atoms with Crippen molar-refractivity contribution in [2.45, 2.75) is 32.6 Å². The summed E-state index contributed by atoms with van der Waals surface area (Å²) in [4.78, 5) is 24.2. The lowest BCUT2D eigenvalue weighted by molar-refractivity contribution is -0.133. The summed E-state index contributed by atoms with van der Waals surface area (Å²) >= 11 is 0.